The van der Waals surface area contributed by atoms with Crippen molar-refractivity contribution in [1.29, 1.82) is 0 Å². The lowest BCUT2D eigenvalue weighted by Crippen LogP contribution is -2.42. The van der Waals surface area contributed by atoms with E-state index >= 15 is 0 Å². The van der Waals surface area contributed by atoms with Crippen molar-refractivity contribution in [2.45, 2.75) is 50.9 Å². The third-order valence-corrected chi connectivity index (χ3v) is 3.61. The lowest BCUT2D eigenvalue weighted by Gasteiger charge is -2.39. The van der Waals surface area contributed by atoms with Crippen molar-refractivity contribution in [3.05, 3.63) is 12.3 Å². The second-order valence-electron chi connectivity index (χ2n) is 4.80. The summed E-state index contributed by atoms with van der Waals surface area (Å²) in [6, 6.07) is 0. The molecule has 3 nitrogen and oxygen atoms in total. The Bertz CT molecular complexity index is 228. The molecule has 2 aliphatic rings. The van der Waals surface area contributed by atoms with Crippen molar-refractivity contribution in [1.82, 2.24) is 4.90 Å². The maximum Gasteiger partial charge on any atom is 0.0628 e. The van der Waals surface area contributed by atoms with E-state index in [-0.39, 0.29) is 0 Å². The molecule has 0 atom stereocenters. The summed E-state index contributed by atoms with van der Waals surface area (Å²) in [5.74, 6) is 0. The van der Waals surface area contributed by atoms with Gasteiger partial charge < -0.3 is 14.4 Å². The first-order chi connectivity index (χ1) is 7.81. The Morgan fingerprint density at radius 1 is 1.06 bits per heavy atom. The highest BCUT2D eigenvalue weighted by Crippen LogP contribution is 2.28. The second-order valence-corrected chi connectivity index (χ2v) is 4.80. The van der Waals surface area contributed by atoms with Crippen LogP contribution in [0.5, 0.6) is 0 Å². The highest BCUT2D eigenvalue weighted by atomic mass is 16.5. The van der Waals surface area contributed by atoms with Crippen LogP contribution in [0.3, 0.4) is 0 Å². The Morgan fingerprint density at radius 3 is 2.31 bits per heavy atom. The van der Waals surface area contributed by atoms with Gasteiger partial charge in [-0.1, -0.05) is 6.08 Å². The van der Waals surface area contributed by atoms with Crippen molar-refractivity contribution in [2.24, 2.45) is 0 Å². The van der Waals surface area contributed by atoms with Crippen LogP contribution < -0.4 is 0 Å². The van der Waals surface area contributed by atoms with Crippen LogP contribution in [0.1, 0.15) is 32.6 Å². The van der Waals surface area contributed by atoms with E-state index in [0.717, 1.165) is 25.9 Å². The molecule has 16 heavy (non-hydrogen) atoms. The van der Waals surface area contributed by atoms with E-state index in [4.69, 9.17) is 9.47 Å². The number of rotatable bonds is 4. The Morgan fingerprint density at radius 2 is 1.75 bits per heavy atom. The molecule has 0 aromatic heterocycles. The summed E-state index contributed by atoms with van der Waals surface area (Å²) in [5, 5.41) is 0. The minimum atomic E-state index is 0.452. The average molecular weight is 225 g/mol. The lowest BCUT2D eigenvalue weighted by atomic mass is 9.91. The van der Waals surface area contributed by atoms with E-state index in [9.17, 15) is 0 Å². The number of allylic oxidation sites excluding steroid dienone is 1. The zero-order chi connectivity index (χ0) is 11.4. The van der Waals surface area contributed by atoms with E-state index in [1.54, 1.807) is 7.11 Å². The predicted molar refractivity (Wildman–Crippen MR) is 64.3 cm³/mol. The summed E-state index contributed by atoms with van der Waals surface area (Å²) in [5.41, 5.74) is 0. The van der Waals surface area contributed by atoms with Gasteiger partial charge in [0.15, 0.2) is 0 Å². The fraction of sp³-hybridized carbons (Fsp3) is 0.846. The summed E-state index contributed by atoms with van der Waals surface area (Å²) in [4.78, 5) is 2.37. The Kier molecular flexibility index (Phi) is 4.24. The van der Waals surface area contributed by atoms with Crippen LogP contribution in [0.25, 0.3) is 0 Å². The maximum atomic E-state index is 6.06. The van der Waals surface area contributed by atoms with Crippen LogP contribution >= 0.6 is 0 Å². The zero-order valence-corrected chi connectivity index (χ0v) is 10.4. The number of hydrogen-bond acceptors (Lipinski definition) is 3. The van der Waals surface area contributed by atoms with Gasteiger partial charge in [-0.05, 0) is 38.8 Å². The molecule has 0 spiro atoms. The molecule has 0 unspecified atom stereocenters. The van der Waals surface area contributed by atoms with Gasteiger partial charge >= 0.3 is 0 Å². The van der Waals surface area contributed by atoms with Gasteiger partial charge in [0.1, 0.15) is 0 Å². The summed E-state index contributed by atoms with van der Waals surface area (Å²) in [7, 11) is 1.79. The lowest BCUT2D eigenvalue weighted by molar-refractivity contribution is -0.124. The highest BCUT2D eigenvalue weighted by molar-refractivity contribution is 4.86. The first kappa shape index (κ1) is 11.9. The summed E-state index contributed by atoms with van der Waals surface area (Å²) in [6.07, 6.45) is 10.2. The quantitative estimate of drug-likeness (QED) is 0.732. The molecule has 0 aromatic carbocycles. The van der Waals surface area contributed by atoms with Gasteiger partial charge in [-0.2, -0.15) is 0 Å². The predicted octanol–water partition coefficient (Wildman–Crippen LogP) is 2.18. The molecule has 2 fully saturated rings. The molecule has 0 N–H and O–H groups in total. The van der Waals surface area contributed by atoms with E-state index in [0.29, 0.717) is 18.3 Å². The van der Waals surface area contributed by atoms with Crippen LogP contribution in [0.4, 0.5) is 0 Å². The molecule has 92 valence electrons. The minimum absolute atomic E-state index is 0.452. The Labute approximate surface area is 98.4 Å². The largest absolute Gasteiger partial charge is 0.381 e. The van der Waals surface area contributed by atoms with Crippen molar-refractivity contribution in [3.63, 3.8) is 0 Å². The molecule has 2 rings (SSSR count). The topological polar surface area (TPSA) is 21.7 Å². The molecule has 1 aliphatic carbocycles. The Hall–Kier alpha value is -0.540. The van der Waals surface area contributed by atoms with Crippen molar-refractivity contribution in [2.75, 3.05) is 20.2 Å². The second kappa shape index (κ2) is 5.69. The summed E-state index contributed by atoms with van der Waals surface area (Å²) in [6.45, 7) is 4.34. The first-order valence-electron chi connectivity index (χ1n) is 6.37. The maximum absolute atomic E-state index is 6.06. The van der Waals surface area contributed by atoms with Gasteiger partial charge in [0, 0.05) is 20.2 Å². The summed E-state index contributed by atoms with van der Waals surface area (Å²) < 4.78 is 11.3. The molecule has 0 radical (unpaired) electrons. The highest BCUT2D eigenvalue weighted by Gasteiger charge is 2.32. The number of ether oxygens (including phenoxy) is 2. The fourth-order valence-electron chi connectivity index (χ4n) is 2.46. The molecule has 0 bridgehead atoms. The monoisotopic (exact) mass is 225 g/mol. The molecule has 3 heteroatoms. The third-order valence-electron chi connectivity index (χ3n) is 3.61. The van der Waals surface area contributed by atoms with Gasteiger partial charge in [-0.25, -0.2) is 0 Å². The minimum Gasteiger partial charge on any atom is -0.381 e. The number of methoxy groups -OCH3 is 1. The van der Waals surface area contributed by atoms with Crippen molar-refractivity contribution < 1.29 is 9.47 Å². The van der Waals surface area contributed by atoms with E-state index in [1.807, 2.05) is 0 Å². The average Bonchev–Trinajstić information content (AvgIpc) is 2.25. The van der Waals surface area contributed by atoms with Crippen molar-refractivity contribution >= 4 is 0 Å². The normalized spacial score (nSPS) is 32.0. The molecule has 1 heterocycles. The van der Waals surface area contributed by atoms with E-state index < -0.39 is 0 Å². The van der Waals surface area contributed by atoms with Crippen LogP contribution in [0.15, 0.2) is 12.3 Å². The van der Waals surface area contributed by atoms with Crippen LogP contribution in [0, 0.1) is 0 Å². The van der Waals surface area contributed by atoms with Crippen LogP contribution in [0.2, 0.25) is 0 Å². The van der Waals surface area contributed by atoms with Gasteiger partial charge in [0.05, 0.1) is 18.3 Å². The fourth-order valence-corrected chi connectivity index (χ4v) is 2.46. The first-order valence-corrected chi connectivity index (χ1v) is 6.37. The molecule has 0 aromatic rings. The van der Waals surface area contributed by atoms with Gasteiger partial charge in [0.2, 0.25) is 0 Å². The molecule has 1 aliphatic heterocycles. The Balaban J connectivity index is 1.63. The van der Waals surface area contributed by atoms with E-state index in [2.05, 4.69) is 24.1 Å². The molecule has 0 amide bonds. The smallest absolute Gasteiger partial charge is 0.0628 e. The molecular formula is C13H23NO2. The van der Waals surface area contributed by atoms with Crippen LogP contribution in [-0.4, -0.2) is 43.4 Å². The van der Waals surface area contributed by atoms with Gasteiger partial charge in [0.25, 0.3) is 0 Å². The van der Waals surface area contributed by atoms with E-state index in [1.165, 1.54) is 12.8 Å². The van der Waals surface area contributed by atoms with Crippen molar-refractivity contribution in [3.8, 4) is 0 Å². The number of piperidine rings is 1. The number of nitrogens with zero attached hydrogens (tertiary/aromatic N) is 1. The third kappa shape index (κ3) is 2.98. The van der Waals surface area contributed by atoms with Gasteiger partial charge in [-0.3, -0.25) is 0 Å². The number of hydrogen-bond donors (Lipinski definition) is 0. The molecule has 1 saturated heterocycles. The SMILES string of the molecule is CC=CN1CCC(OC2CC(OC)C2)CC1. The standard InChI is InChI=1S/C13H23NO2/c1-3-6-14-7-4-11(5-8-14)16-13-9-12(10-13)15-2/h3,6,11-13H,4-5,7-10H2,1-2H3. The van der Waals surface area contributed by atoms with Crippen LogP contribution in [-0.2, 0) is 9.47 Å². The summed E-state index contributed by atoms with van der Waals surface area (Å²) >= 11 is 0. The number of likely N-dealkylation sites (tertiary alicyclic amines) is 1. The molecular weight excluding hydrogens is 202 g/mol. The zero-order valence-electron chi connectivity index (χ0n) is 10.4. The van der Waals surface area contributed by atoms with Gasteiger partial charge in [-0.15, -0.1) is 0 Å². The molecule has 1 saturated carbocycles.